The zero-order valence-corrected chi connectivity index (χ0v) is 13.6. The molecule has 0 unspecified atom stereocenters. The van der Waals surface area contributed by atoms with Crippen LogP contribution in [0.15, 0.2) is 12.1 Å². The molecule has 2 rings (SSSR count). The maximum atomic E-state index is 5.39. The second-order valence-electron chi connectivity index (χ2n) is 5.87. The van der Waals surface area contributed by atoms with Gasteiger partial charge in [-0.25, -0.2) is 0 Å². The minimum Gasteiger partial charge on any atom is -0.493 e. The fourth-order valence-electron chi connectivity index (χ4n) is 2.96. The van der Waals surface area contributed by atoms with Gasteiger partial charge in [0.1, 0.15) is 0 Å². The molecule has 21 heavy (non-hydrogen) atoms. The van der Waals surface area contributed by atoms with E-state index in [4.69, 9.17) is 14.2 Å². The molecule has 4 nitrogen and oxygen atoms in total. The molecule has 1 saturated carbocycles. The lowest BCUT2D eigenvalue weighted by Gasteiger charge is -2.27. The van der Waals surface area contributed by atoms with Crippen molar-refractivity contribution in [3.8, 4) is 17.2 Å². The van der Waals surface area contributed by atoms with Crippen LogP contribution < -0.4 is 19.5 Å². The molecule has 0 amide bonds. The van der Waals surface area contributed by atoms with Gasteiger partial charge in [0.05, 0.1) is 21.3 Å². The summed E-state index contributed by atoms with van der Waals surface area (Å²) >= 11 is 0. The van der Waals surface area contributed by atoms with E-state index in [1.165, 1.54) is 25.7 Å². The average molecular weight is 293 g/mol. The first-order valence-corrected chi connectivity index (χ1v) is 7.70. The SMILES string of the molecule is COc1cc(CNC2CCC(C)CC2)cc(OC)c1OC. The topological polar surface area (TPSA) is 39.7 Å². The first kappa shape index (κ1) is 16.0. The van der Waals surface area contributed by atoms with Gasteiger partial charge in [-0.2, -0.15) is 0 Å². The summed E-state index contributed by atoms with van der Waals surface area (Å²) in [5, 5.41) is 3.65. The summed E-state index contributed by atoms with van der Waals surface area (Å²) in [7, 11) is 4.93. The highest BCUT2D eigenvalue weighted by molar-refractivity contribution is 5.53. The molecule has 1 aromatic carbocycles. The molecule has 0 atom stereocenters. The number of hydrogen-bond acceptors (Lipinski definition) is 4. The van der Waals surface area contributed by atoms with E-state index in [1.807, 2.05) is 12.1 Å². The summed E-state index contributed by atoms with van der Waals surface area (Å²) < 4.78 is 16.1. The number of hydrogen-bond donors (Lipinski definition) is 1. The third-order valence-corrected chi connectivity index (χ3v) is 4.34. The van der Waals surface area contributed by atoms with E-state index in [2.05, 4.69) is 12.2 Å². The zero-order valence-electron chi connectivity index (χ0n) is 13.6. The number of ether oxygens (including phenoxy) is 3. The van der Waals surface area contributed by atoms with Gasteiger partial charge in [0.15, 0.2) is 11.5 Å². The van der Waals surface area contributed by atoms with Crippen LogP contribution in [-0.4, -0.2) is 27.4 Å². The van der Waals surface area contributed by atoms with E-state index in [-0.39, 0.29) is 0 Å². The van der Waals surface area contributed by atoms with Gasteiger partial charge in [-0.15, -0.1) is 0 Å². The maximum Gasteiger partial charge on any atom is 0.203 e. The van der Waals surface area contributed by atoms with Crippen molar-refractivity contribution >= 4 is 0 Å². The summed E-state index contributed by atoms with van der Waals surface area (Å²) in [6.07, 6.45) is 5.19. The van der Waals surface area contributed by atoms with Crippen molar-refractivity contribution in [1.29, 1.82) is 0 Å². The van der Waals surface area contributed by atoms with E-state index in [1.54, 1.807) is 21.3 Å². The Bertz CT molecular complexity index is 428. The van der Waals surface area contributed by atoms with E-state index >= 15 is 0 Å². The largest absolute Gasteiger partial charge is 0.493 e. The van der Waals surface area contributed by atoms with Gasteiger partial charge in [0.2, 0.25) is 5.75 Å². The highest BCUT2D eigenvalue weighted by Crippen LogP contribution is 2.38. The Morgan fingerprint density at radius 2 is 1.52 bits per heavy atom. The van der Waals surface area contributed by atoms with Crippen molar-refractivity contribution in [1.82, 2.24) is 5.32 Å². The molecule has 1 N–H and O–H groups in total. The number of nitrogens with one attached hydrogen (secondary N) is 1. The summed E-state index contributed by atoms with van der Waals surface area (Å²) in [6.45, 7) is 3.17. The van der Waals surface area contributed by atoms with E-state index in [9.17, 15) is 0 Å². The van der Waals surface area contributed by atoms with Crippen molar-refractivity contribution in [2.45, 2.75) is 45.2 Å². The third-order valence-electron chi connectivity index (χ3n) is 4.34. The summed E-state index contributed by atoms with van der Waals surface area (Å²) in [4.78, 5) is 0. The number of rotatable bonds is 6. The second kappa shape index (κ2) is 7.55. The van der Waals surface area contributed by atoms with Crippen LogP contribution in [-0.2, 0) is 6.54 Å². The standard InChI is InChI=1S/C17H27NO3/c1-12-5-7-14(8-6-12)18-11-13-9-15(19-2)17(21-4)16(10-13)20-3/h9-10,12,14,18H,5-8,11H2,1-4H3. The minimum absolute atomic E-state index is 0.625. The normalized spacial score (nSPS) is 21.9. The molecule has 1 aromatic rings. The molecule has 1 aliphatic rings. The molecule has 0 aliphatic heterocycles. The molecule has 0 saturated heterocycles. The molecule has 0 bridgehead atoms. The van der Waals surface area contributed by atoms with Crippen molar-refractivity contribution in [2.75, 3.05) is 21.3 Å². The molecule has 0 radical (unpaired) electrons. The van der Waals surface area contributed by atoms with Crippen LogP contribution in [0.1, 0.15) is 38.2 Å². The Morgan fingerprint density at radius 3 is 2.00 bits per heavy atom. The Hall–Kier alpha value is -1.42. The van der Waals surface area contributed by atoms with Gasteiger partial charge >= 0.3 is 0 Å². The minimum atomic E-state index is 0.625. The third kappa shape index (κ3) is 4.03. The maximum absolute atomic E-state index is 5.39. The molecule has 118 valence electrons. The van der Waals surface area contributed by atoms with Crippen LogP contribution in [0.4, 0.5) is 0 Å². The molecule has 0 heterocycles. The van der Waals surface area contributed by atoms with Crippen LogP contribution in [0.25, 0.3) is 0 Å². The monoisotopic (exact) mass is 293 g/mol. The molecule has 4 heteroatoms. The Labute approximate surface area is 127 Å². The highest BCUT2D eigenvalue weighted by atomic mass is 16.5. The molecular weight excluding hydrogens is 266 g/mol. The van der Waals surface area contributed by atoms with Gasteiger partial charge in [-0.1, -0.05) is 6.92 Å². The van der Waals surface area contributed by atoms with Crippen LogP contribution >= 0.6 is 0 Å². The average Bonchev–Trinajstić information content (AvgIpc) is 2.53. The van der Waals surface area contributed by atoms with Gasteiger partial charge in [0, 0.05) is 12.6 Å². The predicted molar refractivity (Wildman–Crippen MR) is 84.4 cm³/mol. The van der Waals surface area contributed by atoms with Crippen LogP contribution in [0, 0.1) is 5.92 Å². The van der Waals surface area contributed by atoms with E-state index < -0.39 is 0 Å². The molecule has 1 aliphatic carbocycles. The smallest absolute Gasteiger partial charge is 0.203 e. The first-order valence-electron chi connectivity index (χ1n) is 7.70. The van der Waals surface area contributed by atoms with Crippen LogP contribution in [0.2, 0.25) is 0 Å². The van der Waals surface area contributed by atoms with Crippen molar-refractivity contribution in [3.63, 3.8) is 0 Å². The van der Waals surface area contributed by atoms with E-state index in [0.717, 1.165) is 18.0 Å². The van der Waals surface area contributed by atoms with Crippen molar-refractivity contribution in [2.24, 2.45) is 5.92 Å². The molecule has 1 fully saturated rings. The van der Waals surface area contributed by atoms with Crippen molar-refractivity contribution < 1.29 is 14.2 Å². The van der Waals surface area contributed by atoms with Crippen molar-refractivity contribution in [3.05, 3.63) is 17.7 Å². The molecule has 0 spiro atoms. The first-order chi connectivity index (χ1) is 10.2. The Balaban J connectivity index is 2.02. The van der Waals surface area contributed by atoms with E-state index in [0.29, 0.717) is 23.3 Å². The lowest BCUT2D eigenvalue weighted by Crippen LogP contribution is -2.32. The number of benzene rings is 1. The number of methoxy groups -OCH3 is 3. The highest BCUT2D eigenvalue weighted by Gasteiger charge is 2.18. The Kier molecular flexibility index (Phi) is 5.74. The second-order valence-corrected chi connectivity index (χ2v) is 5.87. The van der Waals surface area contributed by atoms with Gasteiger partial charge in [-0.3, -0.25) is 0 Å². The molecular formula is C17H27NO3. The van der Waals surface area contributed by atoms with Gasteiger partial charge in [-0.05, 0) is 49.3 Å². The van der Waals surface area contributed by atoms with Gasteiger partial charge < -0.3 is 19.5 Å². The Morgan fingerprint density at radius 1 is 0.952 bits per heavy atom. The lowest BCUT2D eigenvalue weighted by molar-refractivity contribution is 0.305. The van der Waals surface area contributed by atoms with Gasteiger partial charge in [0.25, 0.3) is 0 Å². The summed E-state index contributed by atoms with van der Waals surface area (Å²) in [6, 6.07) is 4.65. The zero-order chi connectivity index (χ0) is 15.2. The lowest BCUT2D eigenvalue weighted by atomic mass is 9.87. The predicted octanol–water partition coefficient (Wildman–Crippen LogP) is 3.38. The quantitative estimate of drug-likeness (QED) is 0.873. The summed E-state index contributed by atoms with van der Waals surface area (Å²) in [5.74, 6) is 2.95. The fourth-order valence-corrected chi connectivity index (χ4v) is 2.96. The molecule has 0 aromatic heterocycles. The fraction of sp³-hybridized carbons (Fsp3) is 0.647. The van der Waals surface area contributed by atoms with Crippen LogP contribution in [0.3, 0.4) is 0 Å². The van der Waals surface area contributed by atoms with Crippen LogP contribution in [0.5, 0.6) is 17.2 Å². The summed E-state index contributed by atoms with van der Waals surface area (Å²) in [5.41, 5.74) is 1.16.